The molecule has 0 aliphatic heterocycles. The molecule has 0 saturated carbocycles. The number of anilines is 1. The Bertz CT molecular complexity index is 700. The number of nitrogen functional groups attached to an aromatic ring is 1. The van der Waals surface area contributed by atoms with Crippen LogP contribution in [0.4, 0.5) is 5.13 Å². The number of nitrogens with two attached hydrogens (primary N) is 1. The standard InChI is InChI=1S/C14H15N3O3S2/c1-8-3-4-10(5-9(8)2)11(18)6-20-12(19)7-21-14-17-16-13(15)22-14/h3-5H,6-7H2,1-2H3,(H2,15,16). The van der Waals surface area contributed by atoms with Crippen molar-refractivity contribution in [1.82, 2.24) is 10.2 Å². The van der Waals surface area contributed by atoms with E-state index in [-0.39, 0.29) is 18.1 Å². The van der Waals surface area contributed by atoms with Crippen LogP contribution >= 0.6 is 23.1 Å². The molecule has 22 heavy (non-hydrogen) atoms. The second kappa shape index (κ2) is 7.37. The molecule has 2 N–H and O–H groups in total. The summed E-state index contributed by atoms with van der Waals surface area (Å²) in [6.45, 7) is 3.64. The molecular formula is C14H15N3O3S2. The van der Waals surface area contributed by atoms with E-state index in [1.165, 1.54) is 23.1 Å². The fraction of sp³-hybridized carbons (Fsp3) is 0.286. The van der Waals surface area contributed by atoms with Crippen LogP contribution in [0, 0.1) is 13.8 Å². The van der Waals surface area contributed by atoms with Crippen LogP contribution in [0.5, 0.6) is 0 Å². The molecular weight excluding hydrogens is 322 g/mol. The van der Waals surface area contributed by atoms with E-state index >= 15 is 0 Å². The minimum absolute atomic E-state index is 0.0643. The number of aromatic nitrogens is 2. The molecule has 0 spiro atoms. The summed E-state index contributed by atoms with van der Waals surface area (Å²) < 4.78 is 5.57. The van der Waals surface area contributed by atoms with Crippen molar-refractivity contribution in [3.05, 3.63) is 34.9 Å². The van der Waals surface area contributed by atoms with Crippen LogP contribution in [0.15, 0.2) is 22.5 Å². The van der Waals surface area contributed by atoms with Gasteiger partial charge in [0.15, 0.2) is 16.7 Å². The van der Waals surface area contributed by atoms with Crippen LogP contribution in [0.25, 0.3) is 0 Å². The Balaban J connectivity index is 1.80. The van der Waals surface area contributed by atoms with Crippen LogP contribution in [0.1, 0.15) is 21.5 Å². The number of hydrogen-bond donors (Lipinski definition) is 1. The zero-order chi connectivity index (χ0) is 16.1. The van der Waals surface area contributed by atoms with Crippen LogP contribution in [0.3, 0.4) is 0 Å². The molecule has 0 unspecified atom stereocenters. The van der Waals surface area contributed by atoms with Gasteiger partial charge in [-0.1, -0.05) is 35.2 Å². The molecule has 0 saturated heterocycles. The summed E-state index contributed by atoms with van der Waals surface area (Å²) in [5.41, 5.74) is 8.12. The van der Waals surface area contributed by atoms with Gasteiger partial charge < -0.3 is 10.5 Å². The Hall–Kier alpha value is -1.93. The van der Waals surface area contributed by atoms with Gasteiger partial charge in [-0.15, -0.1) is 10.2 Å². The third-order valence-corrected chi connectivity index (χ3v) is 4.79. The number of carbonyl (C=O) groups excluding carboxylic acids is 2. The number of Topliss-reactive ketones (excluding diaryl/α,β-unsaturated/α-hetero) is 1. The third-order valence-electron chi connectivity index (χ3n) is 2.93. The molecule has 2 aromatic rings. The summed E-state index contributed by atoms with van der Waals surface area (Å²) in [5, 5.41) is 7.77. The number of benzene rings is 1. The molecule has 1 aromatic heterocycles. The summed E-state index contributed by atoms with van der Waals surface area (Å²) in [6, 6.07) is 5.40. The van der Waals surface area contributed by atoms with Crippen molar-refractivity contribution in [2.45, 2.75) is 18.2 Å². The predicted molar refractivity (Wildman–Crippen MR) is 86.3 cm³/mol. The third kappa shape index (κ3) is 4.54. The number of nitrogens with zero attached hydrogens (tertiary/aromatic N) is 2. The molecule has 0 radical (unpaired) electrons. The minimum Gasteiger partial charge on any atom is -0.457 e. The van der Waals surface area contributed by atoms with E-state index in [2.05, 4.69) is 10.2 Å². The molecule has 0 amide bonds. The number of aryl methyl sites for hydroxylation is 2. The highest BCUT2D eigenvalue weighted by molar-refractivity contribution is 8.01. The van der Waals surface area contributed by atoms with E-state index in [9.17, 15) is 9.59 Å². The highest BCUT2D eigenvalue weighted by atomic mass is 32.2. The molecule has 1 aromatic carbocycles. The first-order chi connectivity index (χ1) is 10.5. The second-order valence-electron chi connectivity index (χ2n) is 4.58. The lowest BCUT2D eigenvalue weighted by atomic mass is 10.0. The monoisotopic (exact) mass is 337 g/mol. The van der Waals surface area contributed by atoms with Gasteiger partial charge in [-0.3, -0.25) is 9.59 Å². The largest absolute Gasteiger partial charge is 0.457 e. The van der Waals surface area contributed by atoms with Gasteiger partial charge in [-0.25, -0.2) is 0 Å². The maximum absolute atomic E-state index is 12.0. The van der Waals surface area contributed by atoms with E-state index in [0.717, 1.165) is 11.1 Å². The van der Waals surface area contributed by atoms with Crippen LogP contribution in [-0.4, -0.2) is 34.3 Å². The molecule has 6 nitrogen and oxygen atoms in total. The Labute approximate surface area is 136 Å². The van der Waals surface area contributed by atoms with Crippen molar-refractivity contribution in [1.29, 1.82) is 0 Å². The van der Waals surface area contributed by atoms with E-state index in [0.29, 0.717) is 15.0 Å². The van der Waals surface area contributed by atoms with Gasteiger partial charge in [0.05, 0.1) is 5.75 Å². The molecule has 116 valence electrons. The van der Waals surface area contributed by atoms with E-state index < -0.39 is 5.97 Å². The summed E-state index contributed by atoms with van der Waals surface area (Å²) in [4.78, 5) is 23.6. The van der Waals surface area contributed by atoms with Crippen LogP contribution < -0.4 is 5.73 Å². The number of hydrogen-bond acceptors (Lipinski definition) is 8. The lowest BCUT2D eigenvalue weighted by molar-refractivity contribution is -0.139. The summed E-state index contributed by atoms with van der Waals surface area (Å²) in [5.74, 6) is -0.632. The van der Waals surface area contributed by atoms with Crippen molar-refractivity contribution in [2.75, 3.05) is 18.1 Å². The topological polar surface area (TPSA) is 95.2 Å². The van der Waals surface area contributed by atoms with Gasteiger partial charge in [-0.2, -0.15) is 0 Å². The number of carbonyl (C=O) groups is 2. The van der Waals surface area contributed by atoms with Crippen molar-refractivity contribution < 1.29 is 14.3 Å². The smallest absolute Gasteiger partial charge is 0.316 e. The molecule has 0 fully saturated rings. The normalized spacial score (nSPS) is 10.5. The number of rotatable bonds is 6. The number of thioether (sulfide) groups is 1. The average molecular weight is 337 g/mol. The molecule has 0 atom stereocenters. The first-order valence-corrected chi connectivity index (χ1v) is 8.24. The Morgan fingerprint density at radius 1 is 1.27 bits per heavy atom. The Kier molecular flexibility index (Phi) is 5.51. The minimum atomic E-state index is -0.476. The highest BCUT2D eigenvalue weighted by Crippen LogP contribution is 2.23. The van der Waals surface area contributed by atoms with Gasteiger partial charge >= 0.3 is 5.97 Å². The van der Waals surface area contributed by atoms with Crippen molar-refractivity contribution in [3.8, 4) is 0 Å². The van der Waals surface area contributed by atoms with E-state index in [4.69, 9.17) is 10.5 Å². The molecule has 1 heterocycles. The highest BCUT2D eigenvalue weighted by Gasteiger charge is 2.12. The van der Waals surface area contributed by atoms with Gasteiger partial charge in [0.1, 0.15) is 0 Å². The zero-order valence-electron chi connectivity index (χ0n) is 12.2. The molecule has 0 aliphatic carbocycles. The first kappa shape index (κ1) is 16.4. The fourth-order valence-corrected chi connectivity index (χ4v) is 3.02. The van der Waals surface area contributed by atoms with Crippen molar-refractivity contribution in [3.63, 3.8) is 0 Å². The molecule has 0 bridgehead atoms. The number of ketones is 1. The van der Waals surface area contributed by atoms with E-state index in [1.54, 1.807) is 12.1 Å². The lowest BCUT2D eigenvalue weighted by Gasteiger charge is -2.05. The summed E-state index contributed by atoms with van der Waals surface area (Å²) in [6.07, 6.45) is 0. The number of ether oxygens (including phenoxy) is 1. The van der Waals surface area contributed by atoms with Gasteiger partial charge in [0.25, 0.3) is 0 Å². The predicted octanol–water partition coefficient (Wildman–Crippen LogP) is 2.26. The SMILES string of the molecule is Cc1ccc(C(=O)COC(=O)CSc2nnc(N)s2)cc1C. The fourth-order valence-electron chi connectivity index (χ4n) is 1.59. The van der Waals surface area contributed by atoms with Gasteiger partial charge in [0, 0.05) is 5.56 Å². The summed E-state index contributed by atoms with van der Waals surface area (Å²) in [7, 11) is 0. The van der Waals surface area contributed by atoms with Gasteiger partial charge in [0.2, 0.25) is 5.13 Å². The molecule has 8 heteroatoms. The van der Waals surface area contributed by atoms with Crippen molar-refractivity contribution >= 4 is 40.0 Å². The van der Waals surface area contributed by atoms with Gasteiger partial charge in [-0.05, 0) is 31.0 Å². The maximum Gasteiger partial charge on any atom is 0.316 e. The van der Waals surface area contributed by atoms with Crippen LogP contribution in [-0.2, 0) is 9.53 Å². The number of esters is 1. The van der Waals surface area contributed by atoms with Crippen LogP contribution in [0.2, 0.25) is 0 Å². The summed E-state index contributed by atoms with van der Waals surface area (Å²) >= 11 is 2.38. The average Bonchev–Trinajstić information content (AvgIpc) is 2.91. The molecule has 2 rings (SSSR count). The maximum atomic E-state index is 12.0. The lowest BCUT2D eigenvalue weighted by Crippen LogP contribution is -2.15. The second-order valence-corrected chi connectivity index (χ2v) is 6.81. The Morgan fingerprint density at radius 3 is 2.68 bits per heavy atom. The van der Waals surface area contributed by atoms with E-state index in [1.807, 2.05) is 19.9 Å². The quantitative estimate of drug-likeness (QED) is 0.491. The Morgan fingerprint density at radius 2 is 2.05 bits per heavy atom. The van der Waals surface area contributed by atoms with Crippen molar-refractivity contribution in [2.24, 2.45) is 0 Å². The first-order valence-electron chi connectivity index (χ1n) is 6.43. The molecule has 0 aliphatic rings. The zero-order valence-corrected chi connectivity index (χ0v) is 13.8.